The molecule has 1 fully saturated rings. The van der Waals surface area contributed by atoms with Crippen LogP contribution in [0.1, 0.15) is 39.0 Å². The highest BCUT2D eigenvalue weighted by Crippen LogP contribution is 2.34. The molecule has 7 heteroatoms. The van der Waals surface area contributed by atoms with Gasteiger partial charge in [0.05, 0.1) is 6.20 Å². The number of carbonyl (C=O) groups is 2. The molecular weight excluding hydrogens is 332 g/mol. The van der Waals surface area contributed by atoms with Gasteiger partial charge >= 0.3 is 5.97 Å². The summed E-state index contributed by atoms with van der Waals surface area (Å²) in [5.74, 6) is -0.765. The third-order valence-corrected chi connectivity index (χ3v) is 5.24. The number of hydrogen-bond acceptors (Lipinski definition) is 4. The van der Waals surface area contributed by atoms with Crippen molar-refractivity contribution < 1.29 is 14.7 Å². The molecule has 1 aliphatic carbocycles. The van der Waals surface area contributed by atoms with Crippen LogP contribution in [-0.2, 0) is 16.1 Å². The SMILES string of the molecule is CCC1CCC(NC(=O)Cn2cc(-c3ccccc3)nn2)(C(=O)O)CC1. The first-order chi connectivity index (χ1) is 12.5. The van der Waals surface area contributed by atoms with Gasteiger partial charge in [-0.3, -0.25) is 4.79 Å². The van der Waals surface area contributed by atoms with Crippen molar-refractivity contribution in [3.05, 3.63) is 36.5 Å². The Bertz CT molecular complexity index is 764. The van der Waals surface area contributed by atoms with Crippen LogP contribution in [0.3, 0.4) is 0 Å². The lowest BCUT2D eigenvalue weighted by Gasteiger charge is -2.37. The maximum atomic E-state index is 12.4. The Morgan fingerprint density at radius 3 is 2.58 bits per heavy atom. The van der Waals surface area contributed by atoms with E-state index in [0.717, 1.165) is 24.8 Å². The van der Waals surface area contributed by atoms with Crippen molar-refractivity contribution in [1.82, 2.24) is 20.3 Å². The van der Waals surface area contributed by atoms with Gasteiger partial charge in [0, 0.05) is 5.56 Å². The fourth-order valence-corrected chi connectivity index (χ4v) is 3.54. The van der Waals surface area contributed by atoms with Crippen LogP contribution in [0.15, 0.2) is 36.5 Å². The molecule has 3 rings (SSSR count). The Kier molecular flexibility index (Phi) is 5.35. The van der Waals surface area contributed by atoms with Crippen LogP contribution in [0, 0.1) is 5.92 Å². The van der Waals surface area contributed by atoms with Gasteiger partial charge in [-0.25, -0.2) is 9.48 Å². The van der Waals surface area contributed by atoms with Crippen molar-refractivity contribution >= 4 is 11.9 Å². The summed E-state index contributed by atoms with van der Waals surface area (Å²) in [6, 6.07) is 9.56. The molecule has 1 saturated carbocycles. The molecule has 1 aromatic heterocycles. The molecule has 1 heterocycles. The third kappa shape index (κ3) is 3.92. The zero-order chi connectivity index (χ0) is 18.6. The van der Waals surface area contributed by atoms with E-state index in [2.05, 4.69) is 22.6 Å². The Hall–Kier alpha value is -2.70. The minimum absolute atomic E-state index is 0.0495. The average Bonchev–Trinajstić information content (AvgIpc) is 3.11. The maximum absolute atomic E-state index is 12.4. The Labute approximate surface area is 152 Å². The number of carbonyl (C=O) groups excluding carboxylic acids is 1. The quantitative estimate of drug-likeness (QED) is 0.829. The lowest BCUT2D eigenvalue weighted by molar-refractivity contribution is -0.150. The van der Waals surface area contributed by atoms with E-state index >= 15 is 0 Å². The summed E-state index contributed by atoms with van der Waals surface area (Å²) >= 11 is 0. The van der Waals surface area contributed by atoms with E-state index in [1.54, 1.807) is 6.20 Å². The third-order valence-electron chi connectivity index (χ3n) is 5.24. The number of nitrogens with one attached hydrogen (secondary N) is 1. The molecule has 0 bridgehead atoms. The van der Waals surface area contributed by atoms with Gasteiger partial charge in [-0.2, -0.15) is 0 Å². The summed E-state index contributed by atoms with van der Waals surface area (Å²) in [7, 11) is 0. The zero-order valence-electron chi connectivity index (χ0n) is 14.9. The Morgan fingerprint density at radius 1 is 1.27 bits per heavy atom. The number of nitrogens with zero attached hydrogens (tertiary/aromatic N) is 3. The van der Waals surface area contributed by atoms with Crippen LogP contribution in [-0.4, -0.2) is 37.5 Å². The monoisotopic (exact) mass is 356 g/mol. The molecule has 7 nitrogen and oxygen atoms in total. The van der Waals surface area contributed by atoms with Crippen molar-refractivity contribution in [2.45, 2.75) is 51.1 Å². The molecule has 0 unspecified atom stereocenters. The molecule has 1 amide bonds. The van der Waals surface area contributed by atoms with Gasteiger partial charge in [0.2, 0.25) is 5.91 Å². The van der Waals surface area contributed by atoms with E-state index < -0.39 is 11.5 Å². The lowest BCUT2D eigenvalue weighted by Crippen LogP contribution is -2.57. The highest BCUT2D eigenvalue weighted by Gasteiger charge is 2.42. The first kappa shape index (κ1) is 18.1. The average molecular weight is 356 g/mol. The van der Waals surface area contributed by atoms with E-state index in [4.69, 9.17) is 0 Å². The van der Waals surface area contributed by atoms with Crippen LogP contribution in [0.25, 0.3) is 11.3 Å². The van der Waals surface area contributed by atoms with Crippen LogP contribution >= 0.6 is 0 Å². The van der Waals surface area contributed by atoms with Crippen LogP contribution in [0.4, 0.5) is 0 Å². The van der Waals surface area contributed by atoms with Gasteiger partial charge in [0.15, 0.2) is 0 Å². The molecule has 0 saturated heterocycles. The van der Waals surface area contributed by atoms with Gasteiger partial charge in [-0.05, 0) is 31.6 Å². The molecule has 0 spiro atoms. The van der Waals surface area contributed by atoms with Gasteiger partial charge in [0.25, 0.3) is 0 Å². The Balaban J connectivity index is 1.64. The zero-order valence-corrected chi connectivity index (χ0v) is 14.9. The molecule has 2 N–H and O–H groups in total. The predicted molar refractivity (Wildman–Crippen MR) is 96.2 cm³/mol. The van der Waals surface area contributed by atoms with E-state index in [0.29, 0.717) is 24.5 Å². The second kappa shape index (κ2) is 7.68. The lowest BCUT2D eigenvalue weighted by atomic mass is 9.75. The predicted octanol–water partition coefficient (Wildman–Crippen LogP) is 2.48. The van der Waals surface area contributed by atoms with Crippen LogP contribution in [0.2, 0.25) is 0 Å². The topological polar surface area (TPSA) is 97.1 Å². The number of amides is 1. The van der Waals surface area contributed by atoms with E-state index in [-0.39, 0.29) is 12.5 Å². The standard InChI is InChI=1S/C19H24N4O3/c1-2-14-8-10-19(11-9-14,18(25)26)20-17(24)13-23-12-16(21-22-23)15-6-4-3-5-7-15/h3-7,12,14H,2,8-11,13H2,1H3,(H,20,24)(H,25,26). The number of rotatable bonds is 6. The second-order valence-electron chi connectivity index (χ2n) is 6.95. The van der Waals surface area contributed by atoms with Crippen LogP contribution in [0.5, 0.6) is 0 Å². The highest BCUT2D eigenvalue weighted by atomic mass is 16.4. The molecule has 0 radical (unpaired) electrons. The summed E-state index contributed by atoms with van der Waals surface area (Å²) in [5.41, 5.74) is 0.430. The van der Waals surface area contributed by atoms with Gasteiger partial charge < -0.3 is 10.4 Å². The van der Waals surface area contributed by atoms with Crippen molar-refractivity contribution in [1.29, 1.82) is 0 Å². The summed E-state index contributed by atoms with van der Waals surface area (Å²) in [6.45, 7) is 2.07. The smallest absolute Gasteiger partial charge is 0.329 e. The molecule has 138 valence electrons. The molecule has 0 aliphatic heterocycles. The van der Waals surface area contributed by atoms with Crippen molar-refractivity contribution in [2.24, 2.45) is 5.92 Å². The number of aliphatic carboxylic acids is 1. The fourth-order valence-electron chi connectivity index (χ4n) is 3.54. The second-order valence-corrected chi connectivity index (χ2v) is 6.95. The highest BCUT2D eigenvalue weighted by molar-refractivity contribution is 5.87. The van der Waals surface area contributed by atoms with Gasteiger partial charge in [0.1, 0.15) is 17.8 Å². The minimum atomic E-state index is -1.16. The number of carboxylic acids is 1. The van der Waals surface area contributed by atoms with Gasteiger partial charge in [-0.1, -0.05) is 48.9 Å². The van der Waals surface area contributed by atoms with Crippen LogP contribution < -0.4 is 5.32 Å². The van der Waals surface area contributed by atoms with E-state index in [9.17, 15) is 14.7 Å². The number of carboxylic acid groups (broad SMARTS) is 1. The Morgan fingerprint density at radius 2 is 1.96 bits per heavy atom. The number of aromatic nitrogens is 3. The summed E-state index contributed by atoms with van der Waals surface area (Å²) in [4.78, 5) is 24.2. The molecule has 1 aliphatic rings. The number of hydrogen-bond donors (Lipinski definition) is 2. The van der Waals surface area contributed by atoms with Crippen molar-refractivity contribution in [3.8, 4) is 11.3 Å². The summed E-state index contributed by atoms with van der Waals surface area (Å²) in [6.07, 6.45) is 5.33. The maximum Gasteiger partial charge on any atom is 0.329 e. The molecule has 2 aromatic rings. The molecule has 26 heavy (non-hydrogen) atoms. The largest absolute Gasteiger partial charge is 0.480 e. The van der Waals surface area contributed by atoms with Gasteiger partial charge in [-0.15, -0.1) is 5.10 Å². The van der Waals surface area contributed by atoms with E-state index in [1.807, 2.05) is 30.3 Å². The minimum Gasteiger partial charge on any atom is -0.480 e. The normalized spacial score (nSPS) is 22.7. The van der Waals surface area contributed by atoms with E-state index in [1.165, 1.54) is 4.68 Å². The first-order valence-electron chi connectivity index (χ1n) is 9.02. The molecule has 0 atom stereocenters. The fraction of sp³-hybridized carbons (Fsp3) is 0.474. The molecule has 1 aromatic carbocycles. The van der Waals surface area contributed by atoms with Crippen molar-refractivity contribution in [3.63, 3.8) is 0 Å². The summed E-state index contributed by atoms with van der Waals surface area (Å²) < 4.78 is 1.44. The van der Waals surface area contributed by atoms with Crippen molar-refractivity contribution in [2.75, 3.05) is 0 Å². The molecular formula is C19H24N4O3. The number of benzene rings is 1. The summed E-state index contributed by atoms with van der Waals surface area (Å²) in [5, 5.41) is 20.5. The first-order valence-corrected chi connectivity index (χ1v) is 9.02.